The van der Waals surface area contributed by atoms with E-state index in [1.807, 2.05) is 0 Å². The van der Waals surface area contributed by atoms with Gasteiger partial charge in [-0.1, -0.05) is 29.3 Å². The molecule has 1 heterocycles. The van der Waals surface area contributed by atoms with Gasteiger partial charge in [0, 0.05) is 27.4 Å². The second-order valence-electron chi connectivity index (χ2n) is 3.10. The van der Waals surface area contributed by atoms with Crippen molar-refractivity contribution in [3.63, 3.8) is 0 Å². The van der Waals surface area contributed by atoms with E-state index in [2.05, 4.69) is 10.2 Å². The number of aliphatic hydroxyl groups is 1. The number of hydrogen-bond donors (Lipinski definition) is 2. The van der Waals surface area contributed by atoms with Crippen LogP contribution in [-0.4, -0.2) is 15.3 Å². The average molecular weight is 243 g/mol. The molecule has 0 aliphatic carbocycles. The molecular weight excluding hydrogens is 235 g/mol. The van der Waals surface area contributed by atoms with Crippen LogP contribution in [0.5, 0.6) is 0 Å². The highest BCUT2D eigenvalue weighted by Gasteiger charge is 2.14. The van der Waals surface area contributed by atoms with Crippen LogP contribution in [0.15, 0.2) is 30.6 Å². The maximum Gasteiger partial charge on any atom is 0.108 e. The summed E-state index contributed by atoms with van der Waals surface area (Å²) in [6.07, 6.45) is 2.39. The van der Waals surface area contributed by atoms with Gasteiger partial charge < -0.3 is 5.11 Å². The third-order valence-corrected chi connectivity index (χ3v) is 2.65. The zero-order valence-electron chi connectivity index (χ0n) is 7.61. The number of rotatable bonds is 2. The lowest BCUT2D eigenvalue weighted by atomic mass is 10.1. The summed E-state index contributed by atoms with van der Waals surface area (Å²) in [5.41, 5.74) is 1.28. The van der Waals surface area contributed by atoms with Crippen molar-refractivity contribution in [1.29, 1.82) is 0 Å². The number of aromatic amines is 1. The van der Waals surface area contributed by atoms with E-state index < -0.39 is 6.10 Å². The first-order valence-corrected chi connectivity index (χ1v) is 5.06. The number of halogens is 2. The molecule has 0 aliphatic heterocycles. The SMILES string of the molecule is OC(c1cn[nH]c1)c1ccc(Cl)cc1Cl. The number of hydrogen-bond acceptors (Lipinski definition) is 2. The molecule has 0 radical (unpaired) electrons. The van der Waals surface area contributed by atoms with E-state index in [1.54, 1.807) is 30.6 Å². The van der Waals surface area contributed by atoms with E-state index in [0.29, 0.717) is 21.2 Å². The molecule has 3 nitrogen and oxygen atoms in total. The van der Waals surface area contributed by atoms with Gasteiger partial charge >= 0.3 is 0 Å². The highest BCUT2D eigenvalue weighted by Crippen LogP contribution is 2.29. The Bertz CT molecular complexity index is 456. The van der Waals surface area contributed by atoms with E-state index in [0.717, 1.165) is 0 Å². The van der Waals surface area contributed by atoms with Crippen molar-refractivity contribution in [2.24, 2.45) is 0 Å². The first kappa shape index (κ1) is 10.5. The minimum Gasteiger partial charge on any atom is -0.383 e. The van der Waals surface area contributed by atoms with Gasteiger partial charge in [-0.2, -0.15) is 5.10 Å². The third-order valence-electron chi connectivity index (χ3n) is 2.09. The van der Waals surface area contributed by atoms with Gasteiger partial charge in [-0.25, -0.2) is 0 Å². The number of aromatic nitrogens is 2. The van der Waals surface area contributed by atoms with Crippen molar-refractivity contribution < 1.29 is 5.11 Å². The fourth-order valence-electron chi connectivity index (χ4n) is 1.31. The van der Waals surface area contributed by atoms with Crippen LogP contribution in [0.2, 0.25) is 10.0 Å². The standard InChI is InChI=1S/C10H8Cl2N2O/c11-7-1-2-8(9(12)3-7)10(15)6-4-13-14-5-6/h1-5,10,15H,(H,13,14). The Kier molecular flexibility index (Phi) is 2.95. The number of benzene rings is 1. The molecular formula is C10H8Cl2N2O. The third kappa shape index (κ3) is 2.15. The Morgan fingerprint density at radius 3 is 2.73 bits per heavy atom. The Balaban J connectivity index is 2.38. The maximum absolute atomic E-state index is 9.96. The first-order valence-electron chi connectivity index (χ1n) is 4.30. The molecule has 0 aliphatic rings. The molecule has 1 aromatic heterocycles. The topological polar surface area (TPSA) is 48.9 Å². The van der Waals surface area contributed by atoms with E-state index in [9.17, 15) is 5.11 Å². The Labute approximate surface area is 96.7 Å². The molecule has 2 aromatic rings. The molecule has 5 heteroatoms. The smallest absolute Gasteiger partial charge is 0.108 e. The number of nitrogens with zero attached hydrogens (tertiary/aromatic N) is 1. The van der Waals surface area contributed by atoms with Crippen molar-refractivity contribution in [1.82, 2.24) is 10.2 Å². The summed E-state index contributed by atoms with van der Waals surface area (Å²) in [6.45, 7) is 0. The molecule has 0 saturated heterocycles. The van der Waals surface area contributed by atoms with Gasteiger partial charge in [0.05, 0.1) is 6.20 Å². The second-order valence-corrected chi connectivity index (χ2v) is 3.94. The normalized spacial score (nSPS) is 12.7. The zero-order valence-corrected chi connectivity index (χ0v) is 9.13. The zero-order chi connectivity index (χ0) is 10.8. The molecule has 0 amide bonds. The summed E-state index contributed by atoms with van der Waals surface area (Å²) in [6, 6.07) is 4.98. The molecule has 0 fully saturated rings. The van der Waals surface area contributed by atoms with E-state index in [4.69, 9.17) is 23.2 Å². The molecule has 1 unspecified atom stereocenters. The van der Waals surface area contributed by atoms with Gasteiger partial charge in [0.2, 0.25) is 0 Å². The first-order chi connectivity index (χ1) is 7.18. The predicted molar refractivity (Wildman–Crippen MR) is 59.1 cm³/mol. The summed E-state index contributed by atoms with van der Waals surface area (Å²) in [4.78, 5) is 0. The van der Waals surface area contributed by atoms with Gasteiger partial charge in [-0.05, 0) is 12.1 Å². The highest BCUT2D eigenvalue weighted by molar-refractivity contribution is 6.35. The van der Waals surface area contributed by atoms with Crippen molar-refractivity contribution >= 4 is 23.2 Å². The summed E-state index contributed by atoms with van der Waals surface area (Å²) in [5, 5.41) is 17.3. The molecule has 0 bridgehead atoms. The fourth-order valence-corrected chi connectivity index (χ4v) is 1.83. The monoisotopic (exact) mass is 242 g/mol. The van der Waals surface area contributed by atoms with Gasteiger partial charge in [0.15, 0.2) is 0 Å². The van der Waals surface area contributed by atoms with Crippen LogP contribution in [0.1, 0.15) is 17.2 Å². The quantitative estimate of drug-likeness (QED) is 0.851. The van der Waals surface area contributed by atoms with Crippen molar-refractivity contribution in [2.45, 2.75) is 6.10 Å². The van der Waals surface area contributed by atoms with Gasteiger partial charge in [0.25, 0.3) is 0 Å². The van der Waals surface area contributed by atoms with Crippen LogP contribution in [-0.2, 0) is 0 Å². The highest BCUT2D eigenvalue weighted by atomic mass is 35.5. The maximum atomic E-state index is 9.96. The molecule has 78 valence electrons. The van der Waals surface area contributed by atoms with Crippen LogP contribution in [0.4, 0.5) is 0 Å². The van der Waals surface area contributed by atoms with Crippen LogP contribution in [0.3, 0.4) is 0 Å². The van der Waals surface area contributed by atoms with E-state index in [1.165, 1.54) is 0 Å². The van der Waals surface area contributed by atoms with E-state index in [-0.39, 0.29) is 0 Å². The molecule has 0 saturated carbocycles. The minimum absolute atomic E-state index is 0.441. The lowest BCUT2D eigenvalue weighted by Gasteiger charge is -2.10. The Morgan fingerprint density at radius 2 is 2.13 bits per heavy atom. The predicted octanol–water partition coefficient (Wildman–Crippen LogP) is 2.80. The van der Waals surface area contributed by atoms with Crippen LogP contribution >= 0.6 is 23.2 Å². The van der Waals surface area contributed by atoms with Crippen LogP contribution in [0.25, 0.3) is 0 Å². The van der Waals surface area contributed by atoms with Crippen molar-refractivity contribution in [3.8, 4) is 0 Å². The molecule has 15 heavy (non-hydrogen) atoms. The minimum atomic E-state index is -0.784. The second kappa shape index (κ2) is 4.23. The van der Waals surface area contributed by atoms with Crippen LogP contribution < -0.4 is 0 Å². The molecule has 2 N–H and O–H groups in total. The van der Waals surface area contributed by atoms with Gasteiger partial charge in [-0.15, -0.1) is 0 Å². The number of H-pyrrole nitrogens is 1. The summed E-state index contributed by atoms with van der Waals surface area (Å²) >= 11 is 11.7. The van der Waals surface area contributed by atoms with E-state index >= 15 is 0 Å². The number of aliphatic hydroxyl groups excluding tert-OH is 1. The molecule has 2 rings (SSSR count). The van der Waals surface area contributed by atoms with Gasteiger partial charge in [0.1, 0.15) is 6.10 Å². The van der Waals surface area contributed by atoms with Crippen molar-refractivity contribution in [2.75, 3.05) is 0 Å². The molecule has 1 aromatic carbocycles. The summed E-state index contributed by atoms with van der Waals surface area (Å²) < 4.78 is 0. The Morgan fingerprint density at radius 1 is 1.33 bits per heavy atom. The van der Waals surface area contributed by atoms with Crippen LogP contribution in [0, 0.1) is 0 Å². The lowest BCUT2D eigenvalue weighted by molar-refractivity contribution is 0.220. The Hall–Kier alpha value is -1.03. The molecule has 1 atom stereocenters. The lowest BCUT2D eigenvalue weighted by Crippen LogP contribution is -1.98. The summed E-state index contributed by atoms with van der Waals surface area (Å²) in [5.74, 6) is 0. The number of nitrogens with one attached hydrogen (secondary N) is 1. The average Bonchev–Trinajstić information content (AvgIpc) is 2.69. The molecule has 0 spiro atoms. The largest absolute Gasteiger partial charge is 0.383 e. The fraction of sp³-hybridized carbons (Fsp3) is 0.100. The van der Waals surface area contributed by atoms with Gasteiger partial charge in [-0.3, -0.25) is 5.10 Å². The summed E-state index contributed by atoms with van der Waals surface area (Å²) in [7, 11) is 0. The van der Waals surface area contributed by atoms with Crippen molar-refractivity contribution in [3.05, 3.63) is 51.8 Å².